The average Bonchev–Trinajstić information content (AvgIpc) is 2.52. The van der Waals surface area contributed by atoms with Gasteiger partial charge >= 0.3 is 0 Å². The molecule has 1 aromatic rings. The number of aliphatic imine (C=N–C) groups is 1. The predicted octanol–water partition coefficient (Wildman–Crippen LogP) is 1.13. The highest BCUT2D eigenvalue weighted by Crippen LogP contribution is 2.13. The Bertz CT molecular complexity index is 429. The third-order valence-electron chi connectivity index (χ3n) is 2.64. The Kier molecular flexibility index (Phi) is 9.39. The highest BCUT2D eigenvalue weighted by molar-refractivity contribution is 7.98. The SMILES string of the molecule is CN=C(NCCSC)NCc1cccnc1OCCOC. The van der Waals surface area contributed by atoms with Gasteiger partial charge in [-0.1, -0.05) is 6.07 Å². The van der Waals surface area contributed by atoms with E-state index >= 15 is 0 Å². The quantitative estimate of drug-likeness (QED) is 0.405. The van der Waals surface area contributed by atoms with Crippen molar-refractivity contribution in [2.45, 2.75) is 6.54 Å². The van der Waals surface area contributed by atoms with E-state index in [4.69, 9.17) is 9.47 Å². The van der Waals surface area contributed by atoms with Gasteiger partial charge in [-0.3, -0.25) is 4.99 Å². The van der Waals surface area contributed by atoms with Gasteiger partial charge < -0.3 is 20.1 Å². The van der Waals surface area contributed by atoms with Gasteiger partial charge in [0.15, 0.2) is 5.96 Å². The molecule has 0 unspecified atom stereocenters. The van der Waals surface area contributed by atoms with Crippen LogP contribution in [0.5, 0.6) is 5.88 Å². The Balaban J connectivity index is 2.49. The first-order valence-corrected chi connectivity index (χ1v) is 8.20. The Morgan fingerprint density at radius 3 is 2.95 bits per heavy atom. The topological polar surface area (TPSA) is 67.8 Å². The highest BCUT2D eigenvalue weighted by atomic mass is 32.2. The minimum atomic E-state index is 0.487. The number of hydrogen-bond acceptors (Lipinski definition) is 5. The van der Waals surface area contributed by atoms with Crippen molar-refractivity contribution in [1.82, 2.24) is 15.6 Å². The predicted molar refractivity (Wildman–Crippen MR) is 88.2 cm³/mol. The third-order valence-corrected chi connectivity index (χ3v) is 3.26. The van der Waals surface area contributed by atoms with Crippen molar-refractivity contribution in [2.24, 2.45) is 4.99 Å². The first-order valence-electron chi connectivity index (χ1n) is 6.81. The fourth-order valence-corrected chi connectivity index (χ4v) is 1.89. The minimum absolute atomic E-state index is 0.487. The summed E-state index contributed by atoms with van der Waals surface area (Å²) >= 11 is 1.80. The number of hydrogen-bond donors (Lipinski definition) is 2. The van der Waals surface area contributed by atoms with Crippen molar-refractivity contribution >= 4 is 17.7 Å². The number of thioether (sulfide) groups is 1. The fourth-order valence-electron chi connectivity index (χ4n) is 1.58. The van der Waals surface area contributed by atoms with E-state index in [0.29, 0.717) is 25.6 Å². The Morgan fingerprint density at radius 2 is 2.24 bits per heavy atom. The van der Waals surface area contributed by atoms with E-state index in [-0.39, 0.29) is 0 Å². The molecule has 118 valence electrons. The molecule has 1 aromatic heterocycles. The number of methoxy groups -OCH3 is 1. The monoisotopic (exact) mass is 312 g/mol. The second-order valence-electron chi connectivity index (χ2n) is 4.15. The van der Waals surface area contributed by atoms with E-state index in [1.54, 1.807) is 32.1 Å². The van der Waals surface area contributed by atoms with Crippen LogP contribution in [0.2, 0.25) is 0 Å². The zero-order chi connectivity index (χ0) is 15.3. The molecule has 0 radical (unpaired) electrons. The summed E-state index contributed by atoms with van der Waals surface area (Å²) in [4.78, 5) is 8.43. The summed E-state index contributed by atoms with van der Waals surface area (Å²) in [5.74, 6) is 2.44. The number of nitrogens with one attached hydrogen (secondary N) is 2. The zero-order valence-corrected chi connectivity index (χ0v) is 13.7. The number of nitrogens with zero attached hydrogens (tertiary/aromatic N) is 2. The van der Waals surface area contributed by atoms with Crippen LogP contribution in [0, 0.1) is 0 Å². The van der Waals surface area contributed by atoms with E-state index in [9.17, 15) is 0 Å². The molecule has 0 aliphatic heterocycles. The second kappa shape index (κ2) is 11.2. The van der Waals surface area contributed by atoms with Gasteiger partial charge in [0.25, 0.3) is 0 Å². The molecule has 0 spiro atoms. The molecule has 1 rings (SSSR count). The number of guanidine groups is 1. The zero-order valence-electron chi connectivity index (χ0n) is 12.9. The first-order chi connectivity index (χ1) is 10.3. The Morgan fingerprint density at radius 1 is 1.38 bits per heavy atom. The first kappa shape index (κ1) is 17.6. The molecule has 7 heteroatoms. The van der Waals surface area contributed by atoms with Crippen LogP contribution in [-0.4, -0.2) is 56.9 Å². The van der Waals surface area contributed by atoms with Crippen LogP contribution in [0.4, 0.5) is 0 Å². The molecule has 0 amide bonds. The number of pyridine rings is 1. The number of ether oxygens (including phenoxy) is 2. The summed E-state index contributed by atoms with van der Waals surface area (Å²) < 4.78 is 10.6. The summed E-state index contributed by atoms with van der Waals surface area (Å²) in [6.45, 7) is 2.52. The van der Waals surface area contributed by atoms with E-state index in [1.165, 1.54) is 0 Å². The standard InChI is InChI=1S/C14H24N4O2S/c1-15-14(17-7-10-21-3)18-11-12-5-4-6-16-13(12)20-9-8-19-2/h4-6H,7-11H2,1-3H3,(H2,15,17,18). The van der Waals surface area contributed by atoms with Crippen LogP contribution >= 0.6 is 11.8 Å². The smallest absolute Gasteiger partial charge is 0.218 e. The van der Waals surface area contributed by atoms with Crippen LogP contribution < -0.4 is 15.4 Å². The summed E-state index contributed by atoms with van der Waals surface area (Å²) in [6, 6.07) is 3.88. The maximum Gasteiger partial charge on any atom is 0.218 e. The number of rotatable bonds is 9. The van der Waals surface area contributed by atoms with E-state index in [1.807, 2.05) is 12.1 Å². The van der Waals surface area contributed by atoms with E-state index < -0.39 is 0 Å². The summed E-state index contributed by atoms with van der Waals surface area (Å²) in [5, 5.41) is 6.50. The molecule has 2 N–H and O–H groups in total. The summed E-state index contributed by atoms with van der Waals surface area (Å²) in [7, 11) is 3.40. The lowest BCUT2D eigenvalue weighted by Gasteiger charge is -2.13. The van der Waals surface area contributed by atoms with Gasteiger partial charge in [0.1, 0.15) is 6.61 Å². The Labute approximate surface area is 130 Å². The molecule has 0 atom stereocenters. The Hall–Kier alpha value is -1.47. The van der Waals surface area contributed by atoms with Gasteiger partial charge in [-0.05, 0) is 12.3 Å². The van der Waals surface area contributed by atoms with Gasteiger partial charge in [-0.15, -0.1) is 0 Å². The van der Waals surface area contributed by atoms with Crippen LogP contribution in [0.3, 0.4) is 0 Å². The van der Waals surface area contributed by atoms with Gasteiger partial charge in [0.05, 0.1) is 6.61 Å². The largest absolute Gasteiger partial charge is 0.475 e. The molecule has 0 saturated carbocycles. The molecular formula is C14H24N4O2S. The average molecular weight is 312 g/mol. The molecule has 0 bridgehead atoms. The minimum Gasteiger partial charge on any atom is -0.475 e. The molecule has 1 heterocycles. The summed E-state index contributed by atoms with van der Waals surface area (Å²) in [5.41, 5.74) is 0.987. The van der Waals surface area contributed by atoms with E-state index in [0.717, 1.165) is 23.8 Å². The van der Waals surface area contributed by atoms with Gasteiger partial charge in [0.2, 0.25) is 5.88 Å². The van der Waals surface area contributed by atoms with Gasteiger partial charge in [-0.2, -0.15) is 11.8 Å². The molecule has 21 heavy (non-hydrogen) atoms. The molecule has 0 aromatic carbocycles. The third kappa shape index (κ3) is 7.19. The van der Waals surface area contributed by atoms with Crippen molar-refractivity contribution in [3.8, 4) is 5.88 Å². The summed E-state index contributed by atoms with van der Waals surface area (Å²) in [6.07, 6.45) is 3.80. The van der Waals surface area contributed by atoms with Crippen LogP contribution in [0.25, 0.3) is 0 Å². The maximum atomic E-state index is 5.60. The van der Waals surface area contributed by atoms with Gasteiger partial charge in [0, 0.05) is 44.8 Å². The van der Waals surface area contributed by atoms with Crippen LogP contribution in [-0.2, 0) is 11.3 Å². The lowest BCUT2D eigenvalue weighted by molar-refractivity contribution is 0.143. The molecule has 0 aliphatic rings. The maximum absolute atomic E-state index is 5.60. The fraction of sp³-hybridized carbons (Fsp3) is 0.571. The molecule has 6 nitrogen and oxygen atoms in total. The van der Waals surface area contributed by atoms with Crippen molar-refractivity contribution in [3.63, 3.8) is 0 Å². The van der Waals surface area contributed by atoms with Crippen molar-refractivity contribution in [1.29, 1.82) is 0 Å². The van der Waals surface area contributed by atoms with Crippen molar-refractivity contribution in [3.05, 3.63) is 23.9 Å². The van der Waals surface area contributed by atoms with Crippen LogP contribution in [0.15, 0.2) is 23.3 Å². The normalized spacial score (nSPS) is 11.3. The molecular weight excluding hydrogens is 288 g/mol. The van der Waals surface area contributed by atoms with Crippen molar-refractivity contribution in [2.75, 3.05) is 45.9 Å². The molecule has 0 fully saturated rings. The molecule has 0 saturated heterocycles. The highest BCUT2D eigenvalue weighted by Gasteiger charge is 2.05. The van der Waals surface area contributed by atoms with Crippen molar-refractivity contribution < 1.29 is 9.47 Å². The van der Waals surface area contributed by atoms with Gasteiger partial charge in [-0.25, -0.2) is 4.98 Å². The second-order valence-corrected chi connectivity index (χ2v) is 5.14. The lowest BCUT2D eigenvalue weighted by atomic mass is 10.2. The van der Waals surface area contributed by atoms with E-state index in [2.05, 4.69) is 26.9 Å². The molecule has 0 aliphatic carbocycles. The van der Waals surface area contributed by atoms with Crippen LogP contribution in [0.1, 0.15) is 5.56 Å². The lowest BCUT2D eigenvalue weighted by Crippen LogP contribution is -2.38. The number of aromatic nitrogens is 1.